The molecular formula is C19H18N4O2S. The van der Waals surface area contributed by atoms with Crippen LogP contribution in [0.15, 0.2) is 71.9 Å². The van der Waals surface area contributed by atoms with Crippen molar-refractivity contribution in [1.29, 1.82) is 0 Å². The van der Waals surface area contributed by atoms with Crippen molar-refractivity contribution in [3.63, 3.8) is 0 Å². The molecule has 0 saturated carbocycles. The number of carbonyl (C=O) groups is 1. The molecule has 7 heteroatoms. The van der Waals surface area contributed by atoms with Crippen LogP contribution in [-0.4, -0.2) is 27.1 Å². The molecule has 1 amide bonds. The Morgan fingerprint density at radius 1 is 1.00 bits per heavy atom. The fourth-order valence-electron chi connectivity index (χ4n) is 2.31. The van der Waals surface area contributed by atoms with Gasteiger partial charge in [0.1, 0.15) is 11.0 Å². The van der Waals surface area contributed by atoms with Crippen molar-refractivity contribution >= 4 is 16.9 Å². The molecule has 1 aromatic heterocycles. The molecule has 0 bridgehead atoms. The summed E-state index contributed by atoms with van der Waals surface area (Å²) < 4.78 is 14.3. The van der Waals surface area contributed by atoms with Gasteiger partial charge in [0.2, 0.25) is 0 Å². The number of nitrogens with zero attached hydrogens (tertiary/aromatic N) is 2. The molecule has 3 aromatic rings. The fourth-order valence-corrected chi connectivity index (χ4v) is 2.93. The summed E-state index contributed by atoms with van der Waals surface area (Å²) in [6.45, 7) is 0.367. The largest absolute Gasteiger partial charge is 0.348 e. The monoisotopic (exact) mass is 366 g/mol. The van der Waals surface area contributed by atoms with Gasteiger partial charge in [0, 0.05) is 24.5 Å². The average molecular weight is 366 g/mol. The third kappa shape index (κ3) is 4.38. The number of hydrogen-bond acceptors (Lipinski definition) is 4. The van der Waals surface area contributed by atoms with Crippen LogP contribution >= 0.6 is 0 Å². The van der Waals surface area contributed by atoms with E-state index in [4.69, 9.17) is 0 Å². The number of rotatable bonds is 6. The van der Waals surface area contributed by atoms with Gasteiger partial charge in [-0.05, 0) is 24.7 Å². The van der Waals surface area contributed by atoms with E-state index in [0.29, 0.717) is 22.8 Å². The first-order valence-electron chi connectivity index (χ1n) is 8.01. The summed E-state index contributed by atoms with van der Waals surface area (Å²) in [7, 11) is 0.421. The van der Waals surface area contributed by atoms with E-state index >= 15 is 0 Å². The predicted octanol–water partition coefficient (Wildman–Crippen LogP) is 2.32. The van der Waals surface area contributed by atoms with Gasteiger partial charge in [-0.3, -0.25) is 4.79 Å². The highest BCUT2D eigenvalue weighted by atomic mass is 32.2. The molecule has 132 valence electrons. The summed E-state index contributed by atoms with van der Waals surface area (Å²) in [5, 5.41) is 2.83. The van der Waals surface area contributed by atoms with Crippen LogP contribution in [0.5, 0.6) is 0 Å². The Hall–Kier alpha value is -2.90. The summed E-state index contributed by atoms with van der Waals surface area (Å²) in [6, 6.07) is 16.8. The highest BCUT2D eigenvalue weighted by molar-refractivity contribution is 7.83. The zero-order valence-electron chi connectivity index (χ0n) is 14.2. The van der Waals surface area contributed by atoms with Gasteiger partial charge in [-0.15, -0.1) is 0 Å². The Morgan fingerprint density at radius 3 is 2.27 bits per heavy atom. The maximum atomic E-state index is 12.2. The number of aromatic nitrogens is 2. The predicted molar refractivity (Wildman–Crippen MR) is 101 cm³/mol. The molecule has 0 aliphatic rings. The van der Waals surface area contributed by atoms with Crippen molar-refractivity contribution in [3.05, 3.63) is 78.1 Å². The lowest BCUT2D eigenvalue weighted by molar-refractivity contribution is 0.0950. The van der Waals surface area contributed by atoms with Crippen LogP contribution in [0.3, 0.4) is 0 Å². The lowest BCUT2D eigenvalue weighted by Crippen LogP contribution is -2.23. The Labute approximate surface area is 154 Å². The van der Waals surface area contributed by atoms with Crippen molar-refractivity contribution < 1.29 is 9.00 Å². The van der Waals surface area contributed by atoms with Crippen LogP contribution in [0.2, 0.25) is 0 Å². The number of nitrogens with one attached hydrogen (secondary N) is 2. The van der Waals surface area contributed by atoms with E-state index in [1.165, 1.54) is 12.4 Å². The van der Waals surface area contributed by atoms with Crippen LogP contribution in [0.25, 0.3) is 11.4 Å². The van der Waals surface area contributed by atoms with Crippen molar-refractivity contribution in [2.75, 3.05) is 7.05 Å². The molecule has 6 nitrogen and oxygen atoms in total. The zero-order chi connectivity index (χ0) is 18.4. The molecule has 0 fully saturated rings. The van der Waals surface area contributed by atoms with Gasteiger partial charge in [0.05, 0.1) is 10.5 Å². The Bertz CT molecular complexity index is 897. The third-order valence-corrected chi connectivity index (χ3v) is 4.79. The number of carbonyl (C=O) groups excluding carboxylic acids is 1. The van der Waals surface area contributed by atoms with Gasteiger partial charge in [-0.2, -0.15) is 0 Å². The molecule has 1 unspecified atom stereocenters. The van der Waals surface area contributed by atoms with Crippen molar-refractivity contribution in [2.45, 2.75) is 11.4 Å². The quantitative estimate of drug-likeness (QED) is 0.701. The fraction of sp³-hybridized carbons (Fsp3) is 0.105. The van der Waals surface area contributed by atoms with Crippen LogP contribution in [-0.2, 0) is 17.5 Å². The molecular weight excluding hydrogens is 348 g/mol. The minimum absolute atomic E-state index is 0.243. The Morgan fingerprint density at radius 2 is 1.65 bits per heavy atom. The molecule has 0 saturated heterocycles. The van der Waals surface area contributed by atoms with E-state index < -0.39 is 11.0 Å². The van der Waals surface area contributed by atoms with Crippen molar-refractivity contribution in [2.24, 2.45) is 0 Å². The standard InChI is InChI=1S/C19H18N4O2S/c1-20-26(25)17-9-7-14(8-10-17)11-23-19(24)16-12-21-18(22-13-16)15-5-3-2-4-6-15/h2-10,12-13,20H,11H2,1H3,(H,23,24). The van der Waals surface area contributed by atoms with Crippen LogP contribution in [0.1, 0.15) is 15.9 Å². The second-order valence-electron chi connectivity index (χ2n) is 5.46. The molecule has 2 N–H and O–H groups in total. The Kier molecular flexibility index (Phi) is 5.83. The van der Waals surface area contributed by atoms with Gasteiger partial charge < -0.3 is 5.32 Å². The minimum Gasteiger partial charge on any atom is -0.348 e. The minimum atomic E-state index is -1.21. The molecule has 3 rings (SSSR count). The van der Waals surface area contributed by atoms with E-state index in [9.17, 15) is 9.00 Å². The maximum absolute atomic E-state index is 12.2. The van der Waals surface area contributed by atoms with E-state index in [-0.39, 0.29) is 5.91 Å². The zero-order valence-corrected chi connectivity index (χ0v) is 15.0. The topological polar surface area (TPSA) is 84.0 Å². The smallest absolute Gasteiger partial charge is 0.254 e. The van der Waals surface area contributed by atoms with Crippen LogP contribution in [0.4, 0.5) is 0 Å². The number of amides is 1. The normalized spacial score (nSPS) is 11.7. The van der Waals surface area contributed by atoms with E-state index in [1.54, 1.807) is 19.2 Å². The van der Waals surface area contributed by atoms with E-state index in [0.717, 1.165) is 11.1 Å². The van der Waals surface area contributed by atoms with E-state index in [2.05, 4.69) is 20.0 Å². The summed E-state index contributed by atoms with van der Waals surface area (Å²) >= 11 is 0. The molecule has 26 heavy (non-hydrogen) atoms. The molecule has 0 aliphatic carbocycles. The van der Waals surface area contributed by atoms with E-state index in [1.807, 2.05) is 42.5 Å². The van der Waals surface area contributed by atoms with Gasteiger partial charge in [0.15, 0.2) is 5.82 Å². The average Bonchev–Trinajstić information content (AvgIpc) is 2.72. The van der Waals surface area contributed by atoms with Gasteiger partial charge >= 0.3 is 0 Å². The molecule has 2 aromatic carbocycles. The summed E-state index contributed by atoms with van der Waals surface area (Å²) in [4.78, 5) is 21.4. The molecule has 0 spiro atoms. The second kappa shape index (κ2) is 8.46. The summed E-state index contributed by atoms with van der Waals surface area (Å²) in [6.07, 6.45) is 3.04. The number of hydrogen-bond donors (Lipinski definition) is 2. The molecule has 0 aliphatic heterocycles. The van der Waals surface area contributed by atoms with Crippen LogP contribution < -0.4 is 10.0 Å². The van der Waals surface area contributed by atoms with Crippen molar-refractivity contribution in [3.8, 4) is 11.4 Å². The van der Waals surface area contributed by atoms with Crippen LogP contribution in [0, 0.1) is 0 Å². The maximum Gasteiger partial charge on any atom is 0.254 e. The lowest BCUT2D eigenvalue weighted by Gasteiger charge is -2.07. The lowest BCUT2D eigenvalue weighted by atomic mass is 10.2. The SMILES string of the molecule is CNS(=O)c1ccc(CNC(=O)c2cnc(-c3ccccc3)nc2)cc1. The summed E-state index contributed by atoms with van der Waals surface area (Å²) in [5.74, 6) is 0.336. The first-order chi connectivity index (χ1) is 12.7. The second-order valence-corrected chi connectivity index (χ2v) is 6.88. The van der Waals surface area contributed by atoms with Crippen molar-refractivity contribution in [1.82, 2.24) is 20.0 Å². The third-order valence-electron chi connectivity index (χ3n) is 3.72. The highest BCUT2D eigenvalue weighted by Crippen LogP contribution is 2.13. The summed E-state index contributed by atoms with van der Waals surface area (Å²) in [5.41, 5.74) is 2.22. The van der Waals surface area contributed by atoms with Gasteiger partial charge in [-0.1, -0.05) is 42.5 Å². The van der Waals surface area contributed by atoms with Gasteiger partial charge in [0.25, 0.3) is 5.91 Å². The first-order valence-corrected chi connectivity index (χ1v) is 9.16. The molecule has 1 atom stereocenters. The number of benzene rings is 2. The highest BCUT2D eigenvalue weighted by Gasteiger charge is 2.08. The first kappa shape index (κ1) is 17.9. The molecule has 1 heterocycles. The molecule has 0 radical (unpaired) electrons. The van der Waals surface area contributed by atoms with Gasteiger partial charge in [-0.25, -0.2) is 18.9 Å². The Balaban J connectivity index is 1.60.